The second-order valence-electron chi connectivity index (χ2n) is 4.82. The summed E-state index contributed by atoms with van der Waals surface area (Å²) in [5.41, 5.74) is 0.217. The molecule has 112 valence electrons. The van der Waals surface area contributed by atoms with Gasteiger partial charge in [-0.1, -0.05) is 0 Å². The Hall–Kier alpha value is -2.41. The van der Waals surface area contributed by atoms with Gasteiger partial charge >= 0.3 is 0 Å². The van der Waals surface area contributed by atoms with Crippen LogP contribution in [0.5, 0.6) is 0 Å². The molecule has 0 bridgehead atoms. The van der Waals surface area contributed by atoms with E-state index in [1.165, 1.54) is 13.0 Å². The van der Waals surface area contributed by atoms with Crippen LogP contribution in [0.3, 0.4) is 0 Å². The van der Waals surface area contributed by atoms with Crippen LogP contribution in [0, 0.1) is 18.6 Å². The molecule has 2 aromatic rings. The number of rotatable bonds is 2. The first kappa shape index (κ1) is 14.5. The Morgan fingerprint density at radius 3 is 2.55 bits per heavy atom. The molecule has 0 aliphatic heterocycles. The number of carbonyl (C=O) groups is 2. The molecule has 0 unspecified atom stereocenters. The molecule has 1 N–H and O–H groups in total. The van der Waals surface area contributed by atoms with Crippen molar-refractivity contribution in [2.24, 2.45) is 0 Å². The predicted octanol–water partition coefficient (Wildman–Crippen LogP) is 3.49. The number of allylic oxidation sites excluding steroid dienone is 2. The number of halogens is 2. The number of nitrogens with zero attached hydrogens (tertiary/aromatic N) is 1. The number of anilines is 1. The summed E-state index contributed by atoms with van der Waals surface area (Å²) in [6, 6.07) is 2.95. The normalized spacial score (nSPS) is 14.4. The van der Waals surface area contributed by atoms with Crippen LogP contribution < -0.4 is 5.32 Å². The number of hydrogen-bond donors (Lipinski definition) is 1. The molecule has 0 amide bonds. The highest BCUT2D eigenvalue weighted by Crippen LogP contribution is 2.31. The molecule has 0 atom stereocenters. The molecule has 1 heterocycles. The minimum Gasteiger partial charge on any atom is -0.350 e. The number of Topliss-reactive ketones (excluding diaryl/α,β-unsaturated/α-hetero) is 2. The summed E-state index contributed by atoms with van der Waals surface area (Å²) < 4.78 is 26.7. The summed E-state index contributed by atoms with van der Waals surface area (Å²) in [5, 5.41) is 3.21. The standard InChI is InChI=1S/C15H10F2N2O2S/c1-6-11(19-10-4-3-8(16)5-9(10)17)14(21)15-12(13(6)20)18-7(2)22-15/h3-5,19H,1-2H3. The highest BCUT2D eigenvalue weighted by molar-refractivity contribution is 7.14. The number of fused-ring (bicyclic) bond motifs is 1. The number of aryl methyl sites for hydroxylation is 1. The number of aromatic nitrogens is 1. The van der Waals surface area contributed by atoms with E-state index in [-0.39, 0.29) is 33.3 Å². The minimum absolute atomic E-state index is 0.00772. The van der Waals surface area contributed by atoms with Gasteiger partial charge in [0.2, 0.25) is 11.6 Å². The van der Waals surface area contributed by atoms with E-state index in [0.717, 1.165) is 17.4 Å². The molecule has 1 aromatic heterocycles. The largest absolute Gasteiger partial charge is 0.350 e. The lowest BCUT2D eigenvalue weighted by Crippen LogP contribution is -2.24. The fraction of sp³-hybridized carbons (Fsp3) is 0.133. The van der Waals surface area contributed by atoms with E-state index in [4.69, 9.17) is 0 Å². The van der Waals surface area contributed by atoms with Crippen LogP contribution in [0.1, 0.15) is 32.1 Å². The van der Waals surface area contributed by atoms with Crippen molar-refractivity contribution in [3.8, 4) is 0 Å². The van der Waals surface area contributed by atoms with E-state index in [1.807, 2.05) is 0 Å². The van der Waals surface area contributed by atoms with E-state index in [0.29, 0.717) is 11.1 Å². The Bertz CT molecular complexity index is 855. The quantitative estimate of drug-likeness (QED) is 0.920. The van der Waals surface area contributed by atoms with E-state index in [1.54, 1.807) is 6.92 Å². The highest BCUT2D eigenvalue weighted by Gasteiger charge is 2.33. The van der Waals surface area contributed by atoms with Crippen molar-refractivity contribution in [1.29, 1.82) is 0 Å². The fourth-order valence-corrected chi connectivity index (χ4v) is 3.05. The summed E-state index contributed by atoms with van der Waals surface area (Å²) in [7, 11) is 0. The zero-order valence-corrected chi connectivity index (χ0v) is 12.5. The Morgan fingerprint density at radius 2 is 1.86 bits per heavy atom. The van der Waals surface area contributed by atoms with Gasteiger partial charge in [0, 0.05) is 11.6 Å². The predicted molar refractivity (Wildman–Crippen MR) is 78.2 cm³/mol. The second kappa shape index (κ2) is 5.10. The zero-order chi connectivity index (χ0) is 16.0. The molecule has 1 aliphatic rings. The molecule has 1 aliphatic carbocycles. The van der Waals surface area contributed by atoms with Gasteiger partial charge in [0.1, 0.15) is 22.2 Å². The number of thiazole rings is 1. The smallest absolute Gasteiger partial charge is 0.221 e. The van der Waals surface area contributed by atoms with Crippen molar-refractivity contribution >= 4 is 28.6 Å². The van der Waals surface area contributed by atoms with E-state index in [2.05, 4.69) is 10.3 Å². The number of nitrogens with one attached hydrogen (secondary N) is 1. The maximum absolute atomic E-state index is 13.7. The first-order valence-corrected chi connectivity index (χ1v) is 7.20. The van der Waals surface area contributed by atoms with Crippen LogP contribution in [0.15, 0.2) is 29.5 Å². The van der Waals surface area contributed by atoms with Crippen molar-refractivity contribution in [3.63, 3.8) is 0 Å². The maximum atomic E-state index is 13.7. The summed E-state index contributed by atoms with van der Waals surface area (Å²) in [5.74, 6) is -2.35. The van der Waals surface area contributed by atoms with Crippen molar-refractivity contribution < 1.29 is 18.4 Å². The van der Waals surface area contributed by atoms with Gasteiger partial charge in [0.05, 0.1) is 16.4 Å². The molecule has 7 heteroatoms. The molecular weight excluding hydrogens is 310 g/mol. The molecule has 0 fully saturated rings. The van der Waals surface area contributed by atoms with Gasteiger partial charge in [-0.3, -0.25) is 9.59 Å². The van der Waals surface area contributed by atoms with Gasteiger partial charge in [-0.15, -0.1) is 11.3 Å². The lowest BCUT2D eigenvalue weighted by atomic mass is 9.97. The van der Waals surface area contributed by atoms with Crippen LogP contribution in [-0.2, 0) is 0 Å². The van der Waals surface area contributed by atoms with Crippen LogP contribution in [-0.4, -0.2) is 16.6 Å². The Morgan fingerprint density at radius 1 is 1.14 bits per heavy atom. The number of hydrogen-bond acceptors (Lipinski definition) is 5. The molecule has 3 rings (SSSR count). The molecule has 0 spiro atoms. The van der Waals surface area contributed by atoms with Gasteiger partial charge < -0.3 is 5.32 Å². The SMILES string of the molecule is CC1=C(Nc2ccc(F)cc2F)C(=O)c2sc(C)nc2C1=O. The Kier molecular flexibility index (Phi) is 3.37. The lowest BCUT2D eigenvalue weighted by Gasteiger charge is -2.17. The van der Waals surface area contributed by atoms with Crippen LogP contribution in [0.2, 0.25) is 0 Å². The van der Waals surface area contributed by atoms with Gasteiger partial charge in [-0.25, -0.2) is 13.8 Å². The van der Waals surface area contributed by atoms with Crippen LogP contribution in [0.25, 0.3) is 0 Å². The molecule has 0 saturated carbocycles. The lowest BCUT2D eigenvalue weighted by molar-refractivity contribution is 0.0975. The van der Waals surface area contributed by atoms with E-state index >= 15 is 0 Å². The summed E-state index contributed by atoms with van der Waals surface area (Å²) in [6.45, 7) is 3.17. The first-order valence-electron chi connectivity index (χ1n) is 6.38. The van der Waals surface area contributed by atoms with E-state index in [9.17, 15) is 18.4 Å². The number of ketones is 2. The van der Waals surface area contributed by atoms with Crippen molar-refractivity contribution in [2.75, 3.05) is 5.32 Å². The highest BCUT2D eigenvalue weighted by atomic mass is 32.1. The summed E-state index contributed by atoms with van der Waals surface area (Å²) >= 11 is 1.12. The number of carbonyl (C=O) groups excluding carboxylic acids is 2. The topological polar surface area (TPSA) is 59.1 Å². The third-order valence-electron chi connectivity index (χ3n) is 3.29. The fourth-order valence-electron chi connectivity index (χ4n) is 2.19. The average Bonchev–Trinajstić information content (AvgIpc) is 2.85. The van der Waals surface area contributed by atoms with Gasteiger partial charge in [-0.2, -0.15) is 0 Å². The number of benzene rings is 1. The van der Waals surface area contributed by atoms with Crippen molar-refractivity contribution in [2.45, 2.75) is 13.8 Å². The van der Waals surface area contributed by atoms with Crippen LogP contribution >= 0.6 is 11.3 Å². The minimum atomic E-state index is -0.841. The van der Waals surface area contributed by atoms with Gasteiger partial charge in [0.25, 0.3) is 0 Å². The molecule has 0 radical (unpaired) electrons. The summed E-state index contributed by atoms with van der Waals surface area (Å²) in [6.07, 6.45) is 0. The Labute approximate surface area is 128 Å². The third kappa shape index (κ3) is 2.23. The van der Waals surface area contributed by atoms with E-state index < -0.39 is 17.4 Å². The second-order valence-corrected chi connectivity index (χ2v) is 6.02. The molecule has 22 heavy (non-hydrogen) atoms. The molecular formula is C15H10F2N2O2S. The van der Waals surface area contributed by atoms with Crippen molar-refractivity contribution in [3.05, 3.63) is 56.7 Å². The average molecular weight is 320 g/mol. The molecule has 1 aromatic carbocycles. The Balaban J connectivity index is 2.04. The monoisotopic (exact) mass is 320 g/mol. The molecule has 0 saturated heterocycles. The van der Waals surface area contributed by atoms with Gasteiger partial charge in [0.15, 0.2) is 0 Å². The first-order chi connectivity index (χ1) is 10.4. The van der Waals surface area contributed by atoms with Gasteiger partial charge in [-0.05, 0) is 26.0 Å². The maximum Gasteiger partial charge on any atom is 0.221 e. The van der Waals surface area contributed by atoms with Crippen LogP contribution in [0.4, 0.5) is 14.5 Å². The zero-order valence-electron chi connectivity index (χ0n) is 11.7. The molecule has 4 nitrogen and oxygen atoms in total. The van der Waals surface area contributed by atoms with Crippen molar-refractivity contribution in [1.82, 2.24) is 4.98 Å². The third-order valence-corrected chi connectivity index (χ3v) is 4.26. The summed E-state index contributed by atoms with van der Waals surface area (Å²) in [4.78, 5) is 29.0.